The van der Waals surface area contributed by atoms with Crippen LogP contribution in [0.1, 0.15) is 24.5 Å². The number of aryl methyl sites for hydroxylation is 2. The lowest BCUT2D eigenvalue weighted by molar-refractivity contribution is -0.122. The minimum atomic E-state index is -0.481. The summed E-state index contributed by atoms with van der Waals surface area (Å²) in [7, 11) is 0. The number of benzene rings is 1. The number of nitrogens with zero attached hydrogens (tertiary/aromatic N) is 1. The first-order chi connectivity index (χ1) is 10.8. The van der Waals surface area contributed by atoms with Crippen LogP contribution >= 0.6 is 11.8 Å². The van der Waals surface area contributed by atoms with Crippen molar-refractivity contribution in [3.63, 3.8) is 0 Å². The number of allylic oxidation sites excluding steroid dienone is 1. The number of carbonyl (C=O) groups is 2. The van der Waals surface area contributed by atoms with Crippen LogP contribution in [-0.4, -0.2) is 22.2 Å². The van der Waals surface area contributed by atoms with Crippen LogP contribution in [0.2, 0.25) is 0 Å². The van der Waals surface area contributed by atoms with E-state index in [-0.39, 0.29) is 18.2 Å². The molecule has 1 aromatic carbocycles. The smallest absolute Gasteiger partial charge is 0.240 e. The molecule has 0 spiro atoms. The van der Waals surface area contributed by atoms with E-state index in [4.69, 9.17) is 0 Å². The highest BCUT2D eigenvalue weighted by Crippen LogP contribution is 2.23. The Morgan fingerprint density at radius 1 is 1.43 bits per heavy atom. The van der Waals surface area contributed by atoms with Gasteiger partial charge in [-0.15, -0.1) is 0 Å². The largest absolute Gasteiger partial charge is 0.326 e. The maximum atomic E-state index is 12.2. The van der Waals surface area contributed by atoms with Crippen LogP contribution in [0.4, 0.5) is 5.69 Å². The van der Waals surface area contributed by atoms with E-state index in [1.54, 1.807) is 6.92 Å². The monoisotopic (exact) mass is 332 g/mol. The zero-order valence-electron chi connectivity index (χ0n) is 13.4. The Balaban J connectivity index is 1.95. The summed E-state index contributed by atoms with van der Waals surface area (Å²) >= 11 is 1.23. The van der Waals surface area contributed by atoms with Gasteiger partial charge in [-0.25, -0.2) is 0 Å². The van der Waals surface area contributed by atoms with Crippen LogP contribution < -0.4 is 16.1 Å². The molecule has 23 heavy (non-hydrogen) atoms. The number of hydrazone groups is 1. The highest BCUT2D eigenvalue weighted by molar-refractivity contribution is 8.15. The molecule has 1 aliphatic heterocycles. The fourth-order valence-corrected chi connectivity index (χ4v) is 2.91. The number of anilines is 1. The Bertz CT molecular complexity index is 685. The van der Waals surface area contributed by atoms with Crippen LogP contribution in [-0.2, 0) is 9.59 Å². The average molecular weight is 332 g/mol. The van der Waals surface area contributed by atoms with Gasteiger partial charge in [-0.3, -0.25) is 15.0 Å². The summed E-state index contributed by atoms with van der Waals surface area (Å²) in [6, 6.07) is 5.86. The van der Waals surface area contributed by atoms with Crippen molar-refractivity contribution in [2.24, 2.45) is 5.10 Å². The molecule has 0 unspecified atom stereocenters. The molecule has 0 aromatic heterocycles. The fraction of sp³-hybridized carbons (Fsp3) is 0.312. The summed E-state index contributed by atoms with van der Waals surface area (Å²) in [6.45, 7) is 9.32. The average Bonchev–Trinajstić information content (AvgIpc) is 2.81. The molecule has 2 rings (SSSR count). The van der Waals surface area contributed by atoms with Crippen LogP contribution in [0.5, 0.6) is 0 Å². The molecule has 1 saturated heterocycles. The van der Waals surface area contributed by atoms with Gasteiger partial charge >= 0.3 is 0 Å². The third-order valence-corrected chi connectivity index (χ3v) is 4.24. The number of thioether (sulfide) groups is 1. The lowest BCUT2D eigenvalue weighted by Gasteiger charge is -2.10. The number of nitrogens with one attached hydrogen (secondary N) is 3. The zero-order chi connectivity index (χ0) is 17.0. The summed E-state index contributed by atoms with van der Waals surface area (Å²) in [5.74, 6) is -0.408. The van der Waals surface area contributed by atoms with Gasteiger partial charge in [0.05, 0.1) is 0 Å². The van der Waals surface area contributed by atoms with Crippen molar-refractivity contribution < 1.29 is 9.59 Å². The predicted molar refractivity (Wildman–Crippen MR) is 94.1 cm³/mol. The molecule has 0 radical (unpaired) electrons. The lowest BCUT2D eigenvalue weighted by atomic mass is 10.1. The molecule has 1 aromatic rings. The Kier molecular flexibility index (Phi) is 5.44. The first-order valence-corrected chi connectivity index (χ1v) is 8.07. The Morgan fingerprint density at radius 3 is 2.87 bits per heavy atom. The second-order valence-corrected chi connectivity index (χ2v) is 6.67. The number of hydrogen-bond acceptors (Lipinski definition) is 5. The molecule has 2 amide bonds. The van der Waals surface area contributed by atoms with Crippen LogP contribution in [0.3, 0.4) is 0 Å². The molecule has 7 heteroatoms. The number of rotatable bonds is 5. The standard InChI is InChI=1S/C16H20N4O2S/c1-9(2)19-20-16-18-15(22)13(23-16)8-14(21)17-12-7-10(3)5-6-11(12)4/h5-7,13,19H,1,8H2,2-4H3,(H,17,21)(H,18,20,22)/t13-/m0/s1. The highest BCUT2D eigenvalue weighted by Gasteiger charge is 2.32. The molecule has 0 aliphatic carbocycles. The molecule has 3 N–H and O–H groups in total. The van der Waals surface area contributed by atoms with E-state index < -0.39 is 5.25 Å². The summed E-state index contributed by atoms with van der Waals surface area (Å²) in [4.78, 5) is 24.1. The van der Waals surface area contributed by atoms with Gasteiger partial charge in [-0.05, 0) is 38.0 Å². The van der Waals surface area contributed by atoms with Crippen molar-refractivity contribution in [2.45, 2.75) is 32.4 Å². The van der Waals surface area contributed by atoms with Crippen LogP contribution in [0.25, 0.3) is 0 Å². The van der Waals surface area contributed by atoms with Gasteiger partial charge in [-0.1, -0.05) is 30.5 Å². The van der Waals surface area contributed by atoms with Crippen molar-refractivity contribution in [3.8, 4) is 0 Å². The molecular weight excluding hydrogens is 312 g/mol. The normalized spacial score (nSPS) is 18.7. The molecule has 0 bridgehead atoms. The van der Waals surface area contributed by atoms with E-state index in [1.165, 1.54) is 11.8 Å². The van der Waals surface area contributed by atoms with E-state index in [1.807, 2.05) is 32.0 Å². The fourth-order valence-electron chi connectivity index (χ4n) is 1.98. The van der Waals surface area contributed by atoms with E-state index in [0.717, 1.165) is 16.8 Å². The predicted octanol–water partition coefficient (Wildman–Crippen LogP) is 2.26. The molecule has 122 valence electrons. The Morgan fingerprint density at radius 2 is 2.17 bits per heavy atom. The van der Waals surface area contributed by atoms with Gasteiger partial charge in [0.25, 0.3) is 0 Å². The van der Waals surface area contributed by atoms with Gasteiger partial charge in [0.1, 0.15) is 5.25 Å². The molecular formula is C16H20N4O2S. The first kappa shape index (κ1) is 17.1. The molecule has 1 heterocycles. The Hall–Kier alpha value is -2.28. The molecule has 6 nitrogen and oxygen atoms in total. The SMILES string of the molecule is C=C(C)N/N=C1\NC(=O)[C@H](CC(=O)Nc2cc(C)ccc2C)S1. The van der Waals surface area contributed by atoms with Gasteiger partial charge in [0.15, 0.2) is 5.17 Å². The van der Waals surface area contributed by atoms with Crippen molar-refractivity contribution >= 4 is 34.4 Å². The highest BCUT2D eigenvalue weighted by atomic mass is 32.2. The third-order valence-electron chi connectivity index (χ3n) is 3.16. The second-order valence-electron chi connectivity index (χ2n) is 5.48. The molecule has 1 atom stereocenters. The van der Waals surface area contributed by atoms with Gasteiger partial charge < -0.3 is 10.6 Å². The third kappa shape index (κ3) is 4.85. The maximum Gasteiger partial charge on any atom is 0.240 e. The molecule has 0 saturated carbocycles. The number of amidine groups is 1. The van der Waals surface area contributed by atoms with Gasteiger partial charge in [0, 0.05) is 17.8 Å². The zero-order valence-corrected chi connectivity index (χ0v) is 14.2. The lowest BCUT2D eigenvalue weighted by Crippen LogP contribution is -2.28. The Labute approximate surface area is 139 Å². The van der Waals surface area contributed by atoms with Crippen molar-refractivity contribution in [1.82, 2.24) is 10.7 Å². The van der Waals surface area contributed by atoms with E-state index >= 15 is 0 Å². The van der Waals surface area contributed by atoms with E-state index in [9.17, 15) is 9.59 Å². The number of hydrogen-bond donors (Lipinski definition) is 3. The van der Waals surface area contributed by atoms with Crippen LogP contribution in [0, 0.1) is 13.8 Å². The summed E-state index contributed by atoms with van der Waals surface area (Å²) in [6.07, 6.45) is 0.0932. The summed E-state index contributed by atoms with van der Waals surface area (Å²) in [5, 5.41) is 9.47. The topological polar surface area (TPSA) is 82.6 Å². The van der Waals surface area contributed by atoms with Gasteiger partial charge in [0.2, 0.25) is 11.8 Å². The van der Waals surface area contributed by atoms with Gasteiger partial charge in [-0.2, -0.15) is 5.10 Å². The first-order valence-electron chi connectivity index (χ1n) is 7.19. The number of amides is 2. The summed E-state index contributed by atoms with van der Waals surface area (Å²) in [5.41, 5.74) is 6.19. The van der Waals surface area contributed by atoms with Crippen molar-refractivity contribution in [1.29, 1.82) is 0 Å². The quantitative estimate of drug-likeness (QED) is 0.722. The number of carbonyl (C=O) groups excluding carboxylic acids is 2. The van der Waals surface area contributed by atoms with E-state index in [2.05, 4.69) is 27.7 Å². The van der Waals surface area contributed by atoms with E-state index in [0.29, 0.717) is 10.9 Å². The van der Waals surface area contributed by atoms with Crippen LogP contribution in [0.15, 0.2) is 35.6 Å². The van der Waals surface area contributed by atoms with Crippen molar-refractivity contribution in [2.75, 3.05) is 5.32 Å². The molecule has 1 aliphatic rings. The minimum absolute atomic E-state index is 0.0932. The summed E-state index contributed by atoms with van der Waals surface area (Å²) < 4.78 is 0. The molecule has 1 fully saturated rings. The minimum Gasteiger partial charge on any atom is -0.326 e. The van der Waals surface area contributed by atoms with Crippen molar-refractivity contribution in [3.05, 3.63) is 41.6 Å². The maximum absolute atomic E-state index is 12.2. The second kappa shape index (κ2) is 7.32.